The van der Waals surface area contributed by atoms with Crippen molar-refractivity contribution in [2.24, 2.45) is 4.99 Å². The Balaban J connectivity index is 2.59. The Morgan fingerprint density at radius 3 is 2.88 bits per heavy atom. The Bertz CT molecular complexity index is 604. The van der Waals surface area contributed by atoms with E-state index in [9.17, 15) is 9.18 Å². The number of aliphatic imine (C=N–C) groups is 1. The van der Waals surface area contributed by atoms with Crippen LogP contribution in [-0.2, 0) is 4.79 Å². The van der Waals surface area contributed by atoms with Crippen LogP contribution in [0.5, 0.6) is 0 Å². The Kier molecular flexibility index (Phi) is 3.08. The van der Waals surface area contributed by atoms with Crippen molar-refractivity contribution in [2.45, 2.75) is 6.92 Å². The predicted molar refractivity (Wildman–Crippen MR) is 62.1 cm³/mol. The van der Waals surface area contributed by atoms with Crippen molar-refractivity contribution in [3.63, 3.8) is 0 Å². The number of benzene rings is 1. The molecule has 0 spiro atoms. The van der Waals surface area contributed by atoms with Gasteiger partial charge in [-0.3, -0.25) is 4.98 Å². The van der Waals surface area contributed by atoms with E-state index >= 15 is 0 Å². The van der Waals surface area contributed by atoms with E-state index < -0.39 is 0 Å². The summed E-state index contributed by atoms with van der Waals surface area (Å²) in [7, 11) is 0. The third-order valence-electron chi connectivity index (χ3n) is 2.38. The smallest absolute Gasteiger partial charge is 0.240 e. The number of carbonyl (C=O) groups excluding carboxylic acids is 1. The highest BCUT2D eigenvalue weighted by Crippen LogP contribution is 2.28. The summed E-state index contributed by atoms with van der Waals surface area (Å²) in [6.45, 7) is 1.67. The SMILES string of the molecule is Cc1cc(-c2ncccc2N=C=O)ccc1F. The summed E-state index contributed by atoms with van der Waals surface area (Å²) in [6.07, 6.45) is 3.08. The Labute approximate surface area is 97.7 Å². The molecule has 17 heavy (non-hydrogen) atoms. The number of pyridine rings is 1. The molecule has 0 N–H and O–H groups in total. The highest BCUT2D eigenvalue weighted by atomic mass is 19.1. The van der Waals surface area contributed by atoms with Gasteiger partial charge in [0.05, 0.1) is 5.69 Å². The van der Waals surface area contributed by atoms with Gasteiger partial charge in [-0.25, -0.2) is 9.18 Å². The van der Waals surface area contributed by atoms with Crippen LogP contribution in [-0.4, -0.2) is 11.1 Å². The van der Waals surface area contributed by atoms with Gasteiger partial charge in [-0.1, -0.05) is 0 Å². The van der Waals surface area contributed by atoms with Gasteiger partial charge in [0.15, 0.2) is 0 Å². The quantitative estimate of drug-likeness (QED) is 0.585. The van der Waals surface area contributed by atoms with Crippen LogP contribution in [0.2, 0.25) is 0 Å². The van der Waals surface area contributed by atoms with Gasteiger partial charge in [0.1, 0.15) is 11.5 Å². The Morgan fingerprint density at radius 1 is 1.35 bits per heavy atom. The lowest BCUT2D eigenvalue weighted by molar-refractivity contribution is 0.565. The molecule has 2 aromatic rings. The van der Waals surface area contributed by atoms with Crippen molar-refractivity contribution in [3.8, 4) is 11.3 Å². The maximum absolute atomic E-state index is 13.2. The topological polar surface area (TPSA) is 42.3 Å². The molecule has 0 amide bonds. The fourth-order valence-corrected chi connectivity index (χ4v) is 1.55. The van der Waals surface area contributed by atoms with E-state index in [-0.39, 0.29) is 5.82 Å². The van der Waals surface area contributed by atoms with E-state index in [1.54, 1.807) is 37.4 Å². The van der Waals surface area contributed by atoms with Crippen LogP contribution in [0.1, 0.15) is 5.56 Å². The highest BCUT2D eigenvalue weighted by Gasteiger charge is 2.07. The van der Waals surface area contributed by atoms with Crippen LogP contribution >= 0.6 is 0 Å². The lowest BCUT2D eigenvalue weighted by Crippen LogP contribution is -1.87. The second kappa shape index (κ2) is 4.68. The standard InChI is InChI=1S/C13H9FN2O/c1-9-7-10(4-5-11(9)14)13-12(16-8-17)3-2-6-15-13/h2-7H,1H3. The van der Waals surface area contributed by atoms with Crippen molar-refractivity contribution >= 4 is 11.8 Å². The number of aromatic nitrogens is 1. The van der Waals surface area contributed by atoms with Gasteiger partial charge in [0.2, 0.25) is 6.08 Å². The number of nitrogens with zero attached hydrogens (tertiary/aromatic N) is 2. The first-order valence-corrected chi connectivity index (χ1v) is 5.02. The number of hydrogen-bond donors (Lipinski definition) is 0. The molecule has 0 fully saturated rings. The highest BCUT2D eigenvalue weighted by molar-refractivity contribution is 5.73. The number of aryl methyl sites for hydroxylation is 1. The molecule has 2 rings (SSSR count). The largest absolute Gasteiger partial charge is 0.254 e. The summed E-state index contributed by atoms with van der Waals surface area (Å²) in [5.41, 5.74) is 2.21. The van der Waals surface area contributed by atoms with Crippen molar-refractivity contribution in [3.05, 3.63) is 47.9 Å². The van der Waals surface area contributed by atoms with Crippen molar-refractivity contribution in [2.75, 3.05) is 0 Å². The van der Waals surface area contributed by atoms with Crippen LogP contribution in [0.25, 0.3) is 11.3 Å². The zero-order chi connectivity index (χ0) is 12.3. The average molecular weight is 228 g/mol. The molecule has 0 aliphatic carbocycles. The molecule has 1 aromatic heterocycles. The van der Waals surface area contributed by atoms with Gasteiger partial charge >= 0.3 is 0 Å². The third-order valence-corrected chi connectivity index (χ3v) is 2.38. The molecule has 0 saturated heterocycles. The number of rotatable bonds is 2. The third kappa shape index (κ3) is 2.27. The molecule has 4 heteroatoms. The van der Waals surface area contributed by atoms with Crippen molar-refractivity contribution in [1.29, 1.82) is 0 Å². The molecule has 0 saturated carbocycles. The van der Waals surface area contributed by atoms with Crippen LogP contribution in [0.15, 0.2) is 41.5 Å². The summed E-state index contributed by atoms with van der Waals surface area (Å²) in [5, 5.41) is 0. The predicted octanol–water partition coefficient (Wildman–Crippen LogP) is 3.16. The molecule has 0 radical (unpaired) electrons. The van der Waals surface area contributed by atoms with E-state index in [2.05, 4.69) is 9.98 Å². The molecule has 84 valence electrons. The second-order valence-corrected chi connectivity index (χ2v) is 3.54. The molecule has 0 unspecified atom stereocenters. The normalized spacial score (nSPS) is 9.76. The Hall–Kier alpha value is -2.32. The van der Waals surface area contributed by atoms with Crippen LogP contribution in [0.4, 0.5) is 10.1 Å². The minimum Gasteiger partial charge on any atom is -0.254 e. The average Bonchev–Trinajstić information content (AvgIpc) is 2.34. The van der Waals surface area contributed by atoms with E-state index in [1.807, 2.05) is 0 Å². The van der Waals surface area contributed by atoms with E-state index in [1.165, 1.54) is 12.1 Å². The summed E-state index contributed by atoms with van der Waals surface area (Å²) >= 11 is 0. The van der Waals surface area contributed by atoms with Crippen LogP contribution in [0.3, 0.4) is 0 Å². The lowest BCUT2D eigenvalue weighted by Gasteiger charge is -2.04. The minimum atomic E-state index is -0.273. The van der Waals surface area contributed by atoms with Crippen LogP contribution in [0, 0.1) is 12.7 Å². The van der Waals surface area contributed by atoms with E-state index in [0.717, 1.165) is 5.56 Å². The molecule has 3 nitrogen and oxygen atoms in total. The minimum absolute atomic E-state index is 0.273. The zero-order valence-electron chi connectivity index (χ0n) is 9.14. The zero-order valence-corrected chi connectivity index (χ0v) is 9.14. The first-order chi connectivity index (χ1) is 8.22. The summed E-state index contributed by atoms with van der Waals surface area (Å²) < 4.78 is 13.2. The number of hydrogen-bond acceptors (Lipinski definition) is 3. The van der Waals surface area contributed by atoms with Gasteiger partial charge in [-0.2, -0.15) is 4.99 Å². The maximum Gasteiger partial charge on any atom is 0.240 e. The first kappa shape index (κ1) is 11.2. The molecule has 0 bridgehead atoms. The fraction of sp³-hybridized carbons (Fsp3) is 0.0769. The van der Waals surface area contributed by atoms with Crippen molar-refractivity contribution in [1.82, 2.24) is 4.98 Å². The summed E-state index contributed by atoms with van der Waals surface area (Å²) in [4.78, 5) is 18.0. The van der Waals surface area contributed by atoms with Gasteiger partial charge < -0.3 is 0 Å². The number of halogens is 1. The van der Waals surface area contributed by atoms with Crippen molar-refractivity contribution < 1.29 is 9.18 Å². The molecule has 0 aliphatic heterocycles. The molecule has 0 atom stereocenters. The Morgan fingerprint density at radius 2 is 2.18 bits per heavy atom. The molecule has 0 aliphatic rings. The molecule has 1 heterocycles. The molecular formula is C13H9FN2O. The number of isocyanates is 1. The fourth-order valence-electron chi connectivity index (χ4n) is 1.55. The lowest BCUT2D eigenvalue weighted by atomic mass is 10.1. The summed E-state index contributed by atoms with van der Waals surface area (Å²) in [5.74, 6) is -0.273. The maximum atomic E-state index is 13.2. The van der Waals surface area contributed by atoms with Gasteiger partial charge in [-0.15, -0.1) is 0 Å². The van der Waals surface area contributed by atoms with Gasteiger partial charge in [0.25, 0.3) is 0 Å². The second-order valence-electron chi connectivity index (χ2n) is 3.54. The van der Waals surface area contributed by atoms with E-state index in [4.69, 9.17) is 0 Å². The first-order valence-electron chi connectivity index (χ1n) is 5.02. The van der Waals surface area contributed by atoms with E-state index in [0.29, 0.717) is 16.9 Å². The van der Waals surface area contributed by atoms with Gasteiger partial charge in [0, 0.05) is 11.8 Å². The monoisotopic (exact) mass is 228 g/mol. The molecule has 1 aromatic carbocycles. The molecular weight excluding hydrogens is 219 g/mol. The van der Waals surface area contributed by atoms with Gasteiger partial charge in [-0.05, 0) is 42.8 Å². The summed E-state index contributed by atoms with van der Waals surface area (Å²) in [6, 6.07) is 7.98. The van der Waals surface area contributed by atoms with Crippen LogP contribution < -0.4 is 0 Å².